The van der Waals surface area contributed by atoms with Gasteiger partial charge in [0.15, 0.2) is 0 Å². The second-order valence-electron chi connectivity index (χ2n) is 4.16. The van der Waals surface area contributed by atoms with Crippen molar-refractivity contribution in [3.05, 3.63) is 40.9 Å². The Kier molecular flexibility index (Phi) is 3.74. The maximum atomic E-state index is 10.7. The van der Waals surface area contributed by atoms with Gasteiger partial charge in [0.2, 0.25) is 0 Å². The minimum atomic E-state index is -1.000. The predicted octanol–water partition coefficient (Wildman–Crippen LogP) is 2.07. The van der Waals surface area contributed by atoms with Crippen LogP contribution in [0.5, 0.6) is 0 Å². The van der Waals surface area contributed by atoms with E-state index in [9.17, 15) is 4.79 Å². The molecule has 2 aromatic rings. The van der Waals surface area contributed by atoms with E-state index < -0.39 is 12.0 Å². The van der Waals surface area contributed by atoms with Gasteiger partial charge in [-0.05, 0) is 13.0 Å². The van der Waals surface area contributed by atoms with E-state index in [1.807, 2.05) is 30.5 Å². The Morgan fingerprint density at radius 3 is 3.00 bits per heavy atom. The van der Waals surface area contributed by atoms with Crippen LogP contribution in [0.3, 0.4) is 0 Å². The molecule has 0 fully saturated rings. The Morgan fingerprint density at radius 2 is 2.33 bits per heavy atom. The van der Waals surface area contributed by atoms with Gasteiger partial charge in [-0.3, -0.25) is 4.79 Å². The van der Waals surface area contributed by atoms with Crippen LogP contribution < -0.4 is 5.73 Å². The SMILES string of the molecule is Cc1cccc(-c2nc(C[C@H](N)C(=O)O)cs2)c1. The second kappa shape index (κ2) is 5.29. The van der Waals surface area contributed by atoms with Gasteiger partial charge in [0, 0.05) is 17.4 Å². The van der Waals surface area contributed by atoms with Crippen LogP contribution in [0.25, 0.3) is 10.6 Å². The Balaban J connectivity index is 2.18. The lowest BCUT2D eigenvalue weighted by Gasteiger charge is -2.02. The summed E-state index contributed by atoms with van der Waals surface area (Å²) in [6.07, 6.45) is 0.262. The average molecular weight is 262 g/mol. The van der Waals surface area contributed by atoms with Gasteiger partial charge in [-0.25, -0.2) is 4.98 Å². The lowest BCUT2D eigenvalue weighted by molar-refractivity contribution is -0.138. The van der Waals surface area contributed by atoms with Crippen LogP contribution in [-0.4, -0.2) is 22.1 Å². The molecule has 2 rings (SSSR count). The first-order chi connectivity index (χ1) is 8.56. The van der Waals surface area contributed by atoms with E-state index in [2.05, 4.69) is 11.1 Å². The van der Waals surface area contributed by atoms with Crippen LogP contribution in [0, 0.1) is 6.92 Å². The third-order valence-corrected chi connectivity index (χ3v) is 3.50. The zero-order chi connectivity index (χ0) is 13.1. The Morgan fingerprint density at radius 1 is 1.56 bits per heavy atom. The summed E-state index contributed by atoms with van der Waals surface area (Å²) in [5.74, 6) is -1.000. The molecule has 1 atom stereocenters. The maximum absolute atomic E-state index is 10.7. The van der Waals surface area contributed by atoms with Crippen molar-refractivity contribution in [2.45, 2.75) is 19.4 Å². The highest BCUT2D eigenvalue weighted by Gasteiger charge is 2.14. The third-order valence-electron chi connectivity index (χ3n) is 2.56. The minimum Gasteiger partial charge on any atom is -0.480 e. The molecule has 18 heavy (non-hydrogen) atoms. The topological polar surface area (TPSA) is 76.2 Å². The van der Waals surface area contributed by atoms with Gasteiger partial charge < -0.3 is 10.8 Å². The van der Waals surface area contributed by atoms with Crippen molar-refractivity contribution in [3.8, 4) is 10.6 Å². The molecule has 5 heteroatoms. The number of carboxylic acids is 1. The van der Waals surface area contributed by atoms with Crippen LogP contribution in [0.1, 0.15) is 11.3 Å². The molecule has 0 aliphatic heterocycles. The number of thiazole rings is 1. The number of aliphatic carboxylic acids is 1. The highest BCUT2D eigenvalue weighted by molar-refractivity contribution is 7.13. The van der Waals surface area contributed by atoms with Gasteiger partial charge in [0.1, 0.15) is 11.0 Å². The van der Waals surface area contributed by atoms with Gasteiger partial charge in [-0.1, -0.05) is 23.8 Å². The molecule has 0 amide bonds. The van der Waals surface area contributed by atoms with Gasteiger partial charge in [0.25, 0.3) is 0 Å². The standard InChI is InChI=1S/C13H14N2O2S/c1-8-3-2-4-9(5-8)12-15-10(7-18-12)6-11(14)13(16)17/h2-5,7,11H,6,14H2,1H3,(H,16,17)/t11-/m0/s1. The smallest absolute Gasteiger partial charge is 0.320 e. The minimum absolute atomic E-state index is 0.262. The van der Waals surface area contributed by atoms with Crippen molar-refractivity contribution in [1.29, 1.82) is 0 Å². The van der Waals surface area contributed by atoms with Crippen LogP contribution in [0.2, 0.25) is 0 Å². The van der Waals surface area contributed by atoms with Crippen molar-refractivity contribution in [2.75, 3.05) is 0 Å². The summed E-state index contributed by atoms with van der Waals surface area (Å²) in [6.45, 7) is 2.03. The number of aryl methyl sites for hydroxylation is 1. The molecule has 0 unspecified atom stereocenters. The molecular formula is C13H14N2O2S. The largest absolute Gasteiger partial charge is 0.480 e. The zero-order valence-electron chi connectivity index (χ0n) is 9.96. The molecule has 4 nitrogen and oxygen atoms in total. The van der Waals surface area contributed by atoms with Gasteiger partial charge >= 0.3 is 5.97 Å². The maximum Gasteiger partial charge on any atom is 0.320 e. The molecule has 0 radical (unpaired) electrons. The molecule has 0 saturated carbocycles. The number of hydrogen-bond donors (Lipinski definition) is 2. The van der Waals surface area contributed by atoms with Crippen molar-refractivity contribution >= 4 is 17.3 Å². The number of carbonyl (C=O) groups is 1. The monoisotopic (exact) mass is 262 g/mol. The molecule has 0 spiro atoms. The summed E-state index contributed by atoms with van der Waals surface area (Å²) in [5, 5.41) is 11.5. The summed E-state index contributed by atoms with van der Waals surface area (Å²) in [7, 11) is 0. The van der Waals surface area contributed by atoms with Crippen LogP contribution in [-0.2, 0) is 11.2 Å². The van der Waals surface area contributed by atoms with Crippen molar-refractivity contribution in [1.82, 2.24) is 4.98 Å². The third kappa shape index (κ3) is 2.94. The number of aromatic nitrogens is 1. The fourth-order valence-electron chi connectivity index (χ4n) is 1.62. The molecule has 1 heterocycles. The Hall–Kier alpha value is -1.72. The highest BCUT2D eigenvalue weighted by atomic mass is 32.1. The lowest BCUT2D eigenvalue weighted by atomic mass is 10.1. The van der Waals surface area contributed by atoms with Gasteiger partial charge in [-0.2, -0.15) is 0 Å². The normalized spacial score (nSPS) is 12.3. The molecule has 0 aliphatic rings. The second-order valence-corrected chi connectivity index (χ2v) is 5.02. The molecule has 94 valence electrons. The van der Waals surface area contributed by atoms with E-state index in [0.717, 1.165) is 16.3 Å². The molecule has 1 aromatic heterocycles. The van der Waals surface area contributed by atoms with Crippen molar-refractivity contribution in [3.63, 3.8) is 0 Å². The van der Waals surface area contributed by atoms with Crippen molar-refractivity contribution < 1.29 is 9.90 Å². The zero-order valence-corrected chi connectivity index (χ0v) is 10.8. The number of nitrogens with zero attached hydrogens (tertiary/aromatic N) is 1. The van der Waals surface area contributed by atoms with E-state index in [1.165, 1.54) is 16.9 Å². The predicted molar refractivity (Wildman–Crippen MR) is 71.6 cm³/mol. The first-order valence-electron chi connectivity index (χ1n) is 5.56. The fraction of sp³-hybridized carbons (Fsp3) is 0.231. The highest BCUT2D eigenvalue weighted by Crippen LogP contribution is 2.24. The average Bonchev–Trinajstić information content (AvgIpc) is 2.77. The summed E-state index contributed by atoms with van der Waals surface area (Å²) < 4.78 is 0. The number of benzene rings is 1. The lowest BCUT2D eigenvalue weighted by Crippen LogP contribution is -2.32. The van der Waals surface area contributed by atoms with E-state index in [1.54, 1.807) is 0 Å². The van der Waals surface area contributed by atoms with Crippen molar-refractivity contribution in [2.24, 2.45) is 5.73 Å². The molecule has 0 aliphatic carbocycles. The van der Waals surface area contributed by atoms with Crippen LogP contribution in [0.15, 0.2) is 29.6 Å². The molecular weight excluding hydrogens is 248 g/mol. The molecule has 3 N–H and O–H groups in total. The summed E-state index contributed by atoms with van der Waals surface area (Å²) in [5.41, 5.74) is 8.44. The summed E-state index contributed by atoms with van der Waals surface area (Å²) in [6, 6.07) is 7.16. The fourth-order valence-corrected chi connectivity index (χ4v) is 2.45. The van der Waals surface area contributed by atoms with Crippen LogP contribution >= 0.6 is 11.3 Å². The summed E-state index contributed by atoms with van der Waals surface area (Å²) >= 11 is 1.51. The number of hydrogen-bond acceptors (Lipinski definition) is 4. The first kappa shape index (κ1) is 12.7. The van der Waals surface area contributed by atoms with Gasteiger partial charge in [0.05, 0.1) is 5.69 Å². The van der Waals surface area contributed by atoms with E-state index in [-0.39, 0.29) is 6.42 Å². The van der Waals surface area contributed by atoms with E-state index >= 15 is 0 Å². The number of rotatable bonds is 4. The molecule has 0 bridgehead atoms. The molecule has 0 saturated heterocycles. The van der Waals surface area contributed by atoms with E-state index in [0.29, 0.717) is 0 Å². The quantitative estimate of drug-likeness (QED) is 0.884. The number of nitrogens with two attached hydrogens (primary N) is 1. The Bertz CT molecular complexity index is 566. The number of carboxylic acid groups (broad SMARTS) is 1. The molecule has 1 aromatic carbocycles. The van der Waals surface area contributed by atoms with E-state index in [4.69, 9.17) is 10.8 Å². The van der Waals surface area contributed by atoms with Gasteiger partial charge in [-0.15, -0.1) is 11.3 Å². The van der Waals surface area contributed by atoms with Crippen LogP contribution in [0.4, 0.5) is 0 Å². The summed E-state index contributed by atoms with van der Waals surface area (Å²) in [4.78, 5) is 15.1. The Labute approximate surface area is 109 Å². The first-order valence-corrected chi connectivity index (χ1v) is 6.44.